The highest BCUT2D eigenvalue weighted by atomic mass is 16.5. The van der Waals surface area contributed by atoms with Crippen molar-refractivity contribution in [1.29, 1.82) is 0 Å². The van der Waals surface area contributed by atoms with E-state index in [0.29, 0.717) is 13.1 Å². The maximum atomic E-state index is 11.9. The largest absolute Gasteiger partial charge is 0.375 e. The van der Waals surface area contributed by atoms with E-state index < -0.39 is 0 Å². The molecule has 3 N–H and O–H groups in total. The molecule has 2 atom stereocenters. The SMILES string of the molecule is CN(CCCCNC(=O)[C@@H]1CC[C@H](CN)O1)c1ccccc1. The second-order valence-corrected chi connectivity index (χ2v) is 5.82. The fourth-order valence-electron chi connectivity index (χ4n) is 2.68. The molecule has 122 valence electrons. The van der Waals surface area contributed by atoms with Gasteiger partial charge in [0.15, 0.2) is 0 Å². The minimum Gasteiger partial charge on any atom is -0.375 e. The molecule has 2 rings (SSSR count). The average molecular weight is 305 g/mol. The summed E-state index contributed by atoms with van der Waals surface area (Å²) < 4.78 is 5.58. The Labute approximate surface area is 132 Å². The Bertz CT molecular complexity index is 452. The van der Waals surface area contributed by atoms with Crippen molar-refractivity contribution in [2.75, 3.05) is 31.6 Å². The molecule has 1 heterocycles. The number of nitrogens with zero attached hydrogens (tertiary/aromatic N) is 1. The molecule has 5 heteroatoms. The first kappa shape index (κ1) is 16.8. The zero-order valence-electron chi connectivity index (χ0n) is 13.3. The van der Waals surface area contributed by atoms with E-state index in [2.05, 4.69) is 29.4 Å². The fraction of sp³-hybridized carbons (Fsp3) is 0.588. The molecule has 0 unspecified atom stereocenters. The van der Waals surface area contributed by atoms with Gasteiger partial charge in [-0.2, -0.15) is 0 Å². The summed E-state index contributed by atoms with van der Waals surface area (Å²) in [7, 11) is 2.09. The maximum Gasteiger partial charge on any atom is 0.249 e. The van der Waals surface area contributed by atoms with Gasteiger partial charge in [0.2, 0.25) is 5.91 Å². The van der Waals surface area contributed by atoms with E-state index in [1.807, 2.05) is 18.2 Å². The van der Waals surface area contributed by atoms with E-state index in [0.717, 1.165) is 32.2 Å². The van der Waals surface area contributed by atoms with Crippen molar-refractivity contribution in [2.24, 2.45) is 5.73 Å². The predicted molar refractivity (Wildman–Crippen MR) is 88.9 cm³/mol. The van der Waals surface area contributed by atoms with E-state index in [1.54, 1.807) is 0 Å². The van der Waals surface area contributed by atoms with Crippen molar-refractivity contribution in [3.8, 4) is 0 Å². The lowest BCUT2D eigenvalue weighted by Crippen LogP contribution is -2.36. The quantitative estimate of drug-likeness (QED) is 0.715. The molecule has 5 nitrogen and oxygen atoms in total. The van der Waals surface area contributed by atoms with Gasteiger partial charge in [-0.1, -0.05) is 18.2 Å². The van der Waals surface area contributed by atoms with Crippen LogP contribution in [0.25, 0.3) is 0 Å². The highest BCUT2D eigenvalue weighted by Crippen LogP contribution is 2.18. The van der Waals surface area contributed by atoms with Crippen molar-refractivity contribution in [1.82, 2.24) is 5.32 Å². The van der Waals surface area contributed by atoms with Crippen molar-refractivity contribution in [3.05, 3.63) is 30.3 Å². The molecule has 0 spiro atoms. The van der Waals surface area contributed by atoms with Gasteiger partial charge in [-0.15, -0.1) is 0 Å². The van der Waals surface area contributed by atoms with Crippen LogP contribution in [-0.4, -0.2) is 44.8 Å². The smallest absolute Gasteiger partial charge is 0.249 e. The van der Waals surface area contributed by atoms with Gasteiger partial charge in [0.1, 0.15) is 6.10 Å². The van der Waals surface area contributed by atoms with Crippen molar-refractivity contribution in [2.45, 2.75) is 37.9 Å². The number of nitrogens with one attached hydrogen (secondary N) is 1. The molecule has 22 heavy (non-hydrogen) atoms. The van der Waals surface area contributed by atoms with E-state index >= 15 is 0 Å². The minimum atomic E-state index is -0.305. The Balaban J connectivity index is 1.57. The second kappa shape index (κ2) is 8.76. The molecule has 0 aromatic heterocycles. The molecule has 0 bridgehead atoms. The zero-order valence-corrected chi connectivity index (χ0v) is 13.3. The average Bonchev–Trinajstić information content (AvgIpc) is 3.04. The number of unbranched alkanes of at least 4 members (excludes halogenated alkanes) is 1. The molecule has 0 saturated carbocycles. The van der Waals surface area contributed by atoms with E-state index in [9.17, 15) is 4.79 Å². The number of carbonyl (C=O) groups is 1. The number of ether oxygens (including phenoxy) is 1. The summed E-state index contributed by atoms with van der Waals surface area (Å²) in [4.78, 5) is 14.2. The zero-order chi connectivity index (χ0) is 15.8. The lowest BCUT2D eigenvalue weighted by Gasteiger charge is -2.19. The number of nitrogens with two attached hydrogens (primary N) is 1. The van der Waals surface area contributed by atoms with Gasteiger partial charge in [0, 0.05) is 32.4 Å². The minimum absolute atomic E-state index is 0.00682. The van der Waals surface area contributed by atoms with Crippen LogP contribution < -0.4 is 16.0 Å². The number of anilines is 1. The van der Waals surface area contributed by atoms with E-state index in [1.165, 1.54) is 5.69 Å². The third-order valence-electron chi connectivity index (χ3n) is 4.08. The van der Waals surface area contributed by atoms with Crippen LogP contribution in [0.4, 0.5) is 5.69 Å². The number of carbonyl (C=O) groups excluding carboxylic acids is 1. The summed E-state index contributed by atoms with van der Waals surface area (Å²) in [6.07, 6.45) is 3.43. The van der Waals surface area contributed by atoms with Gasteiger partial charge < -0.3 is 20.7 Å². The third kappa shape index (κ3) is 5.00. The fourth-order valence-corrected chi connectivity index (χ4v) is 2.68. The summed E-state index contributed by atoms with van der Waals surface area (Å²) >= 11 is 0. The van der Waals surface area contributed by atoms with Crippen molar-refractivity contribution >= 4 is 11.6 Å². The van der Waals surface area contributed by atoms with E-state index in [-0.39, 0.29) is 18.1 Å². The van der Waals surface area contributed by atoms with Crippen LogP contribution in [0.3, 0.4) is 0 Å². The molecule has 0 aliphatic carbocycles. The summed E-state index contributed by atoms with van der Waals surface area (Å²) in [5, 5.41) is 2.96. The number of amides is 1. The molecule has 0 radical (unpaired) electrons. The molecule has 1 fully saturated rings. The molecule has 1 aliphatic heterocycles. The second-order valence-electron chi connectivity index (χ2n) is 5.82. The Hall–Kier alpha value is -1.59. The number of benzene rings is 1. The Kier molecular flexibility index (Phi) is 6.68. The molecule has 1 saturated heterocycles. The molecule has 1 aromatic carbocycles. The first-order chi connectivity index (χ1) is 10.7. The number of rotatable bonds is 8. The van der Waals surface area contributed by atoms with Gasteiger partial charge in [-0.25, -0.2) is 0 Å². The number of hydrogen-bond acceptors (Lipinski definition) is 4. The summed E-state index contributed by atoms with van der Waals surface area (Å²) in [6, 6.07) is 10.3. The highest BCUT2D eigenvalue weighted by molar-refractivity contribution is 5.80. The summed E-state index contributed by atoms with van der Waals surface area (Å²) in [6.45, 7) is 2.18. The van der Waals surface area contributed by atoms with Crippen LogP contribution in [0.5, 0.6) is 0 Å². The molecule has 1 aliphatic rings. The molecular weight excluding hydrogens is 278 g/mol. The van der Waals surface area contributed by atoms with Crippen molar-refractivity contribution < 1.29 is 9.53 Å². The lowest BCUT2D eigenvalue weighted by molar-refractivity contribution is -0.131. The highest BCUT2D eigenvalue weighted by Gasteiger charge is 2.29. The van der Waals surface area contributed by atoms with Gasteiger partial charge in [-0.3, -0.25) is 4.79 Å². The van der Waals surface area contributed by atoms with Gasteiger partial charge in [0.25, 0.3) is 0 Å². The summed E-state index contributed by atoms with van der Waals surface area (Å²) in [5.41, 5.74) is 6.77. The first-order valence-electron chi connectivity index (χ1n) is 8.10. The standard InChI is InChI=1S/C17H27N3O2/c1-20(14-7-3-2-4-8-14)12-6-5-11-19-17(21)16-10-9-15(13-18)22-16/h2-4,7-8,15-16H,5-6,9-13,18H2,1H3,(H,19,21)/t15-,16+/m1/s1. The summed E-state index contributed by atoms with van der Waals surface area (Å²) in [5.74, 6) is 0.00682. The maximum absolute atomic E-state index is 11.9. The lowest BCUT2D eigenvalue weighted by atomic mass is 10.2. The van der Waals surface area contributed by atoms with Crippen molar-refractivity contribution in [3.63, 3.8) is 0 Å². The van der Waals surface area contributed by atoms with Crippen LogP contribution in [0.1, 0.15) is 25.7 Å². The Morgan fingerprint density at radius 1 is 1.32 bits per heavy atom. The number of para-hydroxylation sites is 1. The van der Waals surface area contributed by atoms with Gasteiger partial charge in [-0.05, 0) is 37.8 Å². The van der Waals surface area contributed by atoms with Crippen LogP contribution in [0, 0.1) is 0 Å². The Morgan fingerprint density at radius 2 is 2.09 bits per heavy atom. The van der Waals surface area contributed by atoms with Crippen LogP contribution in [0.2, 0.25) is 0 Å². The van der Waals surface area contributed by atoms with Crippen LogP contribution in [-0.2, 0) is 9.53 Å². The molecule has 1 aromatic rings. The predicted octanol–water partition coefficient (Wildman–Crippen LogP) is 1.53. The van der Waals surface area contributed by atoms with Gasteiger partial charge in [0.05, 0.1) is 6.10 Å². The van der Waals surface area contributed by atoms with Crippen LogP contribution in [0.15, 0.2) is 30.3 Å². The molecular formula is C17H27N3O2. The Morgan fingerprint density at radius 3 is 2.77 bits per heavy atom. The normalized spacial score (nSPS) is 20.8. The van der Waals surface area contributed by atoms with Crippen LogP contribution >= 0.6 is 0 Å². The first-order valence-corrected chi connectivity index (χ1v) is 8.10. The monoisotopic (exact) mass is 305 g/mol. The topological polar surface area (TPSA) is 67.6 Å². The molecule has 1 amide bonds. The number of hydrogen-bond donors (Lipinski definition) is 2. The third-order valence-corrected chi connectivity index (χ3v) is 4.08. The van der Waals surface area contributed by atoms with E-state index in [4.69, 9.17) is 10.5 Å². The van der Waals surface area contributed by atoms with Gasteiger partial charge >= 0.3 is 0 Å².